The highest BCUT2D eigenvalue weighted by molar-refractivity contribution is 7.79. The van der Waals surface area contributed by atoms with E-state index in [1.54, 1.807) is 0 Å². The van der Waals surface area contributed by atoms with Gasteiger partial charge in [-0.2, -0.15) is 0 Å². The summed E-state index contributed by atoms with van der Waals surface area (Å²) in [4.78, 5) is 0. The van der Waals surface area contributed by atoms with Gasteiger partial charge < -0.3 is 9.47 Å². The Balaban J connectivity index is 2.23. The zero-order valence-electron chi connectivity index (χ0n) is 7.27. The van der Waals surface area contributed by atoms with Gasteiger partial charge in [0.2, 0.25) is 0 Å². The summed E-state index contributed by atoms with van der Waals surface area (Å²) in [6, 6.07) is 9.96. The third-order valence-corrected chi connectivity index (χ3v) is 2.25. The molecule has 0 amide bonds. The van der Waals surface area contributed by atoms with Gasteiger partial charge in [-0.25, -0.2) is 0 Å². The van der Waals surface area contributed by atoms with Crippen LogP contribution in [-0.4, -0.2) is 11.3 Å². The normalized spacial score (nSPS) is 26.7. The average molecular weight is 194 g/mol. The average Bonchev–Trinajstić information content (AvgIpc) is 2.47. The van der Waals surface area contributed by atoms with Crippen molar-refractivity contribution in [2.45, 2.75) is 19.1 Å². The lowest BCUT2D eigenvalue weighted by atomic mass is 10.1. The first-order valence-corrected chi connectivity index (χ1v) is 4.60. The third-order valence-electron chi connectivity index (χ3n) is 2.06. The lowest BCUT2D eigenvalue weighted by molar-refractivity contribution is 0.173. The molecule has 1 aromatic carbocycles. The van der Waals surface area contributed by atoms with Crippen molar-refractivity contribution in [1.29, 1.82) is 0 Å². The van der Waals surface area contributed by atoms with Crippen molar-refractivity contribution in [3.8, 4) is 0 Å². The molecule has 0 aliphatic carbocycles. The van der Waals surface area contributed by atoms with Gasteiger partial charge in [-0.05, 0) is 12.5 Å². The maximum absolute atomic E-state index is 5.37. The minimum atomic E-state index is -0.0475. The Morgan fingerprint density at radius 2 is 1.85 bits per heavy atom. The smallest absolute Gasteiger partial charge is 0.353 e. The van der Waals surface area contributed by atoms with Crippen molar-refractivity contribution in [1.82, 2.24) is 0 Å². The summed E-state index contributed by atoms with van der Waals surface area (Å²) in [5.41, 5.74) is 1.11. The van der Waals surface area contributed by atoms with Gasteiger partial charge in [-0.15, -0.1) is 0 Å². The molecule has 3 heteroatoms. The van der Waals surface area contributed by atoms with E-state index in [9.17, 15) is 0 Å². The van der Waals surface area contributed by atoms with Crippen molar-refractivity contribution in [3.63, 3.8) is 0 Å². The molecule has 0 N–H and O–H groups in total. The Hall–Kier alpha value is -1.09. The van der Waals surface area contributed by atoms with Crippen LogP contribution in [0.5, 0.6) is 0 Å². The van der Waals surface area contributed by atoms with Crippen molar-refractivity contribution in [2.75, 3.05) is 0 Å². The van der Waals surface area contributed by atoms with E-state index in [0.29, 0.717) is 0 Å². The second kappa shape index (κ2) is 3.34. The molecule has 2 nitrogen and oxygen atoms in total. The maximum atomic E-state index is 5.37. The number of hydrogen-bond acceptors (Lipinski definition) is 3. The summed E-state index contributed by atoms with van der Waals surface area (Å²) in [6.45, 7) is 1.96. The molecule has 1 heterocycles. The molecule has 1 aliphatic rings. The molecule has 1 aromatic rings. The van der Waals surface area contributed by atoms with E-state index >= 15 is 0 Å². The fraction of sp³-hybridized carbons (Fsp3) is 0.300. The minimum Gasteiger partial charge on any atom is -0.450 e. The fourth-order valence-electron chi connectivity index (χ4n) is 1.42. The summed E-state index contributed by atoms with van der Waals surface area (Å²) in [5, 5.41) is 0.251. The number of rotatable bonds is 1. The molecule has 0 bridgehead atoms. The second-order valence-electron chi connectivity index (χ2n) is 3.02. The Kier molecular flexibility index (Phi) is 2.19. The van der Waals surface area contributed by atoms with Crippen molar-refractivity contribution >= 4 is 17.5 Å². The Labute approximate surface area is 82.5 Å². The fourth-order valence-corrected chi connectivity index (χ4v) is 1.68. The molecule has 2 rings (SSSR count). The lowest BCUT2D eigenvalue weighted by Gasteiger charge is -2.10. The molecule has 68 valence electrons. The maximum Gasteiger partial charge on any atom is 0.353 e. The van der Waals surface area contributed by atoms with Crippen LogP contribution in [0.3, 0.4) is 0 Å². The molecule has 0 radical (unpaired) electrons. The summed E-state index contributed by atoms with van der Waals surface area (Å²) < 4.78 is 10.6. The molecule has 1 saturated heterocycles. The predicted molar refractivity (Wildman–Crippen MR) is 53.4 cm³/mol. The Bertz CT molecular complexity index is 310. The van der Waals surface area contributed by atoms with Gasteiger partial charge in [-0.3, -0.25) is 0 Å². The standard InChI is InChI=1S/C10H10O2S/c1-7-9(12-10(13)11-7)8-5-3-2-4-6-8/h2-7,9H,1H3. The summed E-state index contributed by atoms with van der Waals surface area (Å²) in [6.07, 6.45) is -0.0383. The van der Waals surface area contributed by atoms with Crippen LogP contribution in [0.1, 0.15) is 18.6 Å². The monoisotopic (exact) mass is 194 g/mol. The van der Waals surface area contributed by atoms with E-state index in [2.05, 4.69) is 0 Å². The first-order valence-electron chi connectivity index (χ1n) is 4.19. The first kappa shape index (κ1) is 8.51. The molecule has 13 heavy (non-hydrogen) atoms. The SMILES string of the molecule is CC1OC(=S)OC1c1ccccc1. The van der Waals surface area contributed by atoms with E-state index in [4.69, 9.17) is 21.7 Å². The van der Waals surface area contributed by atoms with Gasteiger partial charge in [-0.1, -0.05) is 30.3 Å². The Morgan fingerprint density at radius 1 is 1.15 bits per heavy atom. The van der Waals surface area contributed by atoms with E-state index in [1.165, 1.54) is 0 Å². The van der Waals surface area contributed by atoms with Crippen LogP contribution < -0.4 is 0 Å². The van der Waals surface area contributed by atoms with Crippen LogP contribution in [0.15, 0.2) is 30.3 Å². The summed E-state index contributed by atoms with van der Waals surface area (Å²) in [7, 11) is 0. The number of thiocarbonyl (C=S) groups is 1. The van der Waals surface area contributed by atoms with Crippen LogP contribution in [0.4, 0.5) is 0 Å². The van der Waals surface area contributed by atoms with E-state index in [0.717, 1.165) is 5.56 Å². The van der Waals surface area contributed by atoms with Gasteiger partial charge in [0.05, 0.1) is 0 Å². The zero-order chi connectivity index (χ0) is 9.26. The third kappa shape index (κ3) is 1.65. The van der Waals surface area contributed by atoms with Gasteiger partial charge >= 0.3 is 5.24 Å². The summed E-state index contributed by atoms with van der Waals surface area (Å²) >= 11 is 4.83. The van der Waals surface area contributed by atoms with Crippen molar-refractivity contribution < 1.29 is 9.47 Å². The molecular formula is C10H10O2S. The van der Waals surface area contributed by atoms with Gasteiger partial charge in [0, 0.05) is 12.2 Å². The van der Waals surface area contributed by atoms with Gasteiger partial charge in [0.1, 0.15) is 6.10 Å². The molecule has 2 atom stereocenters. The molecular weight excluding hydrogens is 184 g/mol. The lowest BCUT2D eigenvalue weighted by Crippen LogP contribution is -2.09. The van der Waals surface area contributed by atoms with Crippen LogP contribution in [0, 0.1) is 0 Å². The van der Waals surface area contributed by atoms with Gasteiger partial charge in [0.25, 0.3) is 0 Å². The molecule has 1 fully saturated rings. The van der Waals surface area contributed by atoms with E-state index in [-0.39, 0.29) is 17.4 Å². The predicted octanol–water partition coefficient (Wildman–Crippen LogP) is 2.45. The topological polar surface area (TPSA) is 18.5 Å². The molecule has 0 spiro atoms. The quantitative estimate of drug-likeness (QED) is 0.640. The first-order chi connectivity index (χ1) is 6.27. The van der Waals surface area contributed by atoms with Crippen molar-refractivity contribution in [2.24, 2.45) is 0 Å². The second-order valence-corrected chi connectivity index (χ2v) is 3.36. The highest BCUT2D eigenvalue weighted by Gasteiger charge is 2.31. The highest BCUT2D eigenvalue weighted by atomic mass is 32.1. The minimum absolute atomic E-state index is 0.00917. The number of ether oxygens (including phenoxy) is 2. The molecule has 2 unspecified atom stereocenters. The van der Waals surface area contributed by atoms with Crippen molar-refractivity contribution in [3.05, 3.63) is 35.9 Å². The Morgan fingerprint density at radius 3 is 2.38 bits per heavy atom. The molecule has 0 saturated carbocycles. The number of hydrogen-bond donors (Lipinski definition) is 0. The largest absolute Gasteiger partial charge is 0.450 e. The van der Waals surface area contributed by atoms with Crippen LogP contribution in [0.2, 0.25) is 0 Å². The molecule has 1 aliphatic heterocycles. The van der Waals surface area contributed by atoms with E-state index in [1.807, 2.05) is 37.3 Å². The zero-order valence-corrected chi connectivity index (χ0v) is 8.08. The number of benzene rings is 1. The van der Waals surface area contributed by atoms with Gasteiger partial charge in [0.15, 0.2) is 6.10 Å². The van der Waals surface area contributed by atoms with Crippen LogP contribution in [-0.2, 0) is 9.47 Å². The highest BCUT2D eigenvalue weighted by Crippen LogP contribution is 2.29. The molecule has 0 aromatic heterocycles. The van der Waals surface area contributed by atoms with E-state index < -0.39 is 0 Å². The summed E-state index contributed by atoms with van der Waals surface area (Å²) in [5.74, 6) is 0. The van der Waals surface area contributed by atoms with Crippen LogP contribution >= 0.6 is 12.2 Å². The van der Waals surface area contributed by atoms with Crippen LogP contribution in [0.25, 0.3) is 0 Å².